The molecular formula is C14H17FN4O3S. The molecule has 0 radical (unpaired) electrons. The molecule has 2 heterocycles. The first-order valence-electron chi connectivity index (χ1n) is 7.10. The van der Waals surface area contributed by atoms with Crippen molar-refractivity contribution in [1.82, 2.24) is 19.3 Å². The van der Waals surface area contributed by atoms with E-state index in [1.165, 1.54) is 29.6 Å². The smallest absolute Gasteiger partial charge is 0.246 e. The zero-order chi connectivity index (χ0) is 16.6. The number of nitrogens with zero attached hydrogens (tertiary/aromatic N) is 4. The largest absolute Gasteiger partial charge is 0.383 e. The van der Waals surface area contributed by atoms with Crippen molar-refractivity contribution in [3.8, 4) is 0 Å². The lowest BCUT2D eigenvalue weighted by molar-refractivity contribution is 0.125. The minimum atomic E-state index is -4.00. The van der Waals surface area contributed by atoms with Crippen LogP contribution in [0.5, 0.6) is 0 Å². The number of benzene rings is 1. The van der Waals surface area contributed by atoms with E-state index in [2.05, 4.69) is 10.3 Å². The molecule has 0 fully saturated rings. The van der Waals surface area contributed by atoms with Crippen molar-refractivity contribution in [1.29, 1.82) is 0 Å². The van der Waals surface area contributed by atoms with Gasteiger partial charge in [-0.1, -0.05) is 17.3 Å². The van der Waals surface area contributed by atoms with E-state index in [0.29, 0.717) is 12.1 Å². The summed E-state index contributed by atoms with van der Waals surface area (Å²) in [6, 6.07) is 4.73. The number of fused-ring (bicyclic) bond motifs is 1. The predicted octanol–water partition coefficient (Wildman–Crippen LogP) is 0.889. The monoisotopic (exact) mass is 340 g/mol. The summed E-state index contributed by atoms with van der Waals surface area (Å²) in [4.78, 5) is -0.339. The number of rotatable bonds is 4. The highest BCUT2D eigenvalue weighted by molar-refractivity contribution is 7.89. The summed E-state index contributed by atoms with van der Waals surface area (Å²) in [6.45, 7) is 0.346. The molecule has 1 aromatic carbocycles. The van der Waals surface area contributed by atoms with Crippen LogP contribution in [0.15, 0.2) is 29.2 Å². The highest BCUT2D eigenvalue weighted by Gasteiger charge is 2.40. The molecule has 0 bridgehead atoms. The van der Waals surface area contributed by atoms with Crippen LogP contribution in [-0.4, -0.2) is 48.0 Å². The molecule has 0 spiro atoms. The lowest BCUT2D eigenvalue weighted by Crippen LogP contribution is -2.42. The van der Waals surface area contributed by atoms with Crippen molar-refractivity contribution in [2.45, 2.75) is 17.4 Å². The molecular weight excluding hydrogens is 323 g/mol. The van der Waals surface area contributed by atoms with Gasteiger partial charge >= 0.3 is 0 Å². The molecule has 1 atom stereocenters. The van der Waals surface area contributed by atoms with E-state index >= 15 is 0 Å². The third-order valence-electron chi connectivity index (χ3n) is 3.95. The summed E-state index contributed by atoms with van der Waals surface area (Å²) in [5.41, 5.74) is 1.42. The number of sulfonamides is 1. The van der Waals surface area contributed by atoms with Crippen LogP contribution in [0.2, 0.25) is 0 Å². The number of ether oxygens (including phenoxy) is 1. The summed E-state index contributed by atoms with van der Waals surface area (Å²) < 4.78 is 47.8. The van der Waals surface area contributed by atoms with Gasteiger partial charge in [-0.2, -0.15) is 4.31 Å². The van der Waals surface area contributed by atoms with Crippen LogP contribution < -0.4 is 0 Å². The second-order valence-electron chi connectivity index (χ2n) is 5.31. The highest BCUT2D eigenvalue weighted by Crippen LogP contribution is 2.33. The number of aromatic nitrogens is 3. The zero-order valence-corrected chi connectivity index (χ0v) is 13.6. The van der Waals surface area contributed by atoms with Gasteiger partial charge in [-0.25, -0.2) is 12.8 Å². The van der Waals surface area contributed by atoms with Gasteiger partial charge in [-0.05, 0) is 12.1 Å². The fraction of sp³-hybridized carbons (Fsp3) is 0.429. The second kappa shape index (κ2) is 5.99. The Labute approximate surface area is 133 Å². The van der Waals surface area contributed by atoms with E-state index in [0.717, 1.165) is 11.8 Å². The summed E-state index contributed by atoms with van der Waals surface area (Å²) in [5, 5.41) is 8.02. The molecule has 0 unspecified atom stereocenters. The van der Waals surface area contributed by atoms with E-state index in [1.54, 1.807) is 11.7 Å². The lowest BCUT2D eigenvalue weighted by Gasteiger charge is -2.33. The standard InChI is InChI=1S/C14H17FN4O3S/c1-18-11-7-8-19(12(9-22-2)14(11)16-17-18)23(20,21)13-6-4-3-5-10(13)15/h3-6,12H,7-9H2,1-2H3/t12-/m1/s1. The maximum absolute atomic E-state index is 14.0. The van der Waals surface area contributed by atoms with E-state index in [9.17, 15) is 12.8 Å². The maximum atomic E-state index is 14.0. The molecule has 0 aliphatic carbocycles. The Hall–Kier alpha value is -1.84. The first-order chi connectivity index (χ1) is 11.0. The van der Waals surface area contributed by atoms with Crippen molar-refractivity contribution in [2.75, 3.05) is 20.3 Å². The zero-order valence-electron chi connectivity index (χ0n) is 12.8. The Morgan fingerprint density at radius 2 is 2.13 bits per heavy atom. The number of methoxy groups -OCH3 is 1. The molecule has 3 rings (SSSR count). The summed E-state index contributed by atoms with van der Waals surface area (Å²) in [6.07, 6.45) is 0.465. The topological polar surface area (TPSA) is 77.3 Å². The van der Waals surface area contributed by atoms with Gasteiger partial charge in [0.2, 0.25) is 10.0 Å². The number of halogens is 1. The van der Waals surface area contributed by atoms with E-state index in [-0.39, 0.29) is 18.0 Å². The van der Waals surface area contributed by atoms with Gasteiger partial charge in [0, 0.05) is 27.1 Å². The Morgan fingerprint density at radius 1 is 1.39 bits per heavy atom. The summed E-state index contributed by atoms with van der Waals surface area (Å²) in [5.74, 6) is -0.770. The molecule has 0 saturated carbocycles. The van der Waals surface area contributed by atoms with Gasteiger partial charge in [0.15, 0.2) is 0 Å². The summed E-state index contributed by atoms with van der Waals surface area (Å²) >= 11 is 0. The highest BCUT2D eigenvalue weighted by atomic mass is 32.2. The Bertz CT molecular complexity index is 821. The average molecular weight is 340 g/mol. The van der Waals surface area contributed by atoms with Gasteiger partial charge in [-0.15, -0.1) is 5.10 Å². The first kappa shape index (κ1) is 16.0. The maximum Gasteiger partial charge on any atom is 0.246 e. The Kier molecular flexibility index (Phi) is 4.17. The first-order valence-corrected chi connectivity index (χ1v) is 8.54. The molecule has 0 saturated heterocycles. The van der Waals surface area contributed by atoms with Crippen molar-refractivity contribution < 1.29 is 17.5 Å². The molecule has 9 heteroatoms. The number of hydrogen-bond acceptors (Lipinski definition) is 5. The van der Waals surface area contributed by atoms with Gasteiger partial charge < -0.3 is 4.74 Å². The van der Waals surface area contributed by atoms with Gasteiger partial charge in [0.1, 0.15) is 16.4 Å². The third-order valence-corrected chi connectivity index (χ3v) is 5.89. The molecule has 1 aliphatic heterocycles. The van der Waals surface area contributed by atoms with Crippen molar-refractivity contribution in [3.63, 3.8) is 0 Å². The van der Waals surface area contributed by atoms with Crippen LogP contribution >= 0.6 is 0 Å². The molecule has 0 N–H and O–H groups in total. The van der Waals surface area contributed by atoms with Gasteiger partial charge in [0.25, 0.3) is 0 Å². The number of aryl methyl sites for hydroxylation is 1. The lowest BCUT2D eigenvalue weighted by atomic mass is 10.1. The van der Waals surface area contributed by atoms with Gasteiger partial charge in [0.05, 0.1) is 18.3 Å². The minimum Gasteiger partial charge on any atom is -0.383 e. The fourth-order valence-electron chi connectivity index (χ4n) is 2.84. The second-order valence-corrected chi connectivity index (χ2v) is 7.17. The SMILES string of the molecule is COC[C@@H]1c2nnn(C)c2CCN1S(=O)(=O)c1ccccc1F. The van der Waals surface area contributed by atoms with Crippen molar-refractivity contribution >= 4 is 10.0 Å². The van der Waals surface area contributed by atoms with Gasteiger partial charge in [-0.3, -0.25) is 4.68 Å². The summed E-state index contributed by atoms with van der Waals surface area (Å²) in [7, 11) is -0.751. The molecule has 124 valence electrons. The molecule has 7 nitrogen and oxygen atoms in total. The van der Waals surface area contributed by atoms with E-state index in [1.807, 2.05) is 0 Å². The van der Waals surface area contributed by atoms with Crippen molar-refractivity contribution in [2.24, 2.45) is 7.05 Å². The molecule has 23 heavy (non-hydrogen) atoms. The molecule has 1 aromatic heterocycles. The molecule has 1 aliphatic rings. The Balaban J connectivity index is 2.07. The average Bonchev–Trinajstić information content (AvgIpc) is 2.90. The number of hydrogen-bond donors (Lipinski definition) is 0. The van der Waals surface area contributed by atoms with Crippen LogP contribution in [0.1, 0.15) is 17.4 Å². The van der Waals surface area contributed by atoms with Crippen LogP contribution in [0, 0.1) is 5.82 Å². The molecule has 2 aromatic rings. The predicted molar refractivity (Wildman–Crippen MR) is 79.6 cm³/mol. The minimum absolute atomic E-state index is 0.124. The quantitative estimate of drug-likeness (QED) is 0.826. The van der Waals surface area contributed by atoms with E-state index in [4.69, 9.17) is 4.74 Å². The third kappa shape index (κ3) is 2.64. The van der Waals surface area contributed by atoms with Crippen LogP contribution in [0.25, 0.3) is 0 Å². The van der Waals surface area contributed by atoms with Crippen LogP contribution in [-0.2, 0) is 28.2 Å². The fourth-order valence-corrected chi connectivity index (χ4v) is 4.48. The van der Waals surface area contributed by atoms with Crippen molar-refractivity contribution in [3.05, 3.63) is 41.5 Å². The molecule has 0 amide bonds. The van der Waals surface area contributed by atoms with Crippen LogP contribution in [0.4, 0.5) is 4.39 Å². The van der Waals surface area contributed by atoms with E-state index < -0.39 is 21.9 Å². The normalized spacial score (nSPS) is 18.8. The van der Waals surface area contributed by atoms with Crippen LogP contribution in [0.3, 0.4) is 0 Å². The Morgan fingerprint density at radius 3 is 2.83 bits per heavy atom.